The number of methoxy groups -OCH3 is 1. The van der Waals surface area contributed by atoms with Crippen LogP contribution in [0.4, 0.5) is 0 Å². The molecule has 1 heterocycles. The van der Waals surface area contributed by atoms with Crippen molar-refractivity contribution in [2.24, 2.45) is 0 Å². The predicted octanol–water partition coefficient (Wildman–Crippen LogP) is 2.40. The molecule has 0 radical (unpaired) electrons. The van der Waals surface area contributed by atoms with E-state index in [-0.39, 0.29) is 0 Å². The number of nitrogens with zero attached hydrogens (tertiary/aromatic N) is 1. The van der Waals surface area contributed by atoms with Crippen LogP contribution in [0.2, 0.25) is 0 Å². The Balaban J connectivity index is 2.25. The zero-order chi connectivity index (χ0) is 12.3. The predicted molar refractivity (Wildman–Crippen MR) is 62.4 cm³/mol. The zero-order valence-corrected chi connectivity index (χ0v) is 9.83. The van der Waals surface area contributed by atoms with Gasteiger partial charge in [0.05, 0.1) is 5.69 Å². The molecule has 4 nitrogen and oxygen atoms in total. The molecule has 0 spiro atoms. The first-order chi connectivity index (χ1) is 8.22. The summed E-state index contributed by atoms with van der Waals surface area (Å²) in [6.45, 7) is 1.83. The number of hydrogen-bond acceptors (Lipinski definition) is 4. The fourth-order valence-corrected chi connectivity index (χ4v) is 1.74. The van der Waals surface area contributed by atoms with Crippen LogP contribution in [0.25, 0.3) is 0 Å². The van der Waals surface area contributed by atoms with Crippen LogP contribution in [0.1, 0.15) is 29.2 Å². The van der Waals surface area contributed by atoms with Crippen molar-refractivity contribution in [1.29, 1.82) is 0 Å². The van der Waals surface area contributed by atoms with Crippen LogP contribution in [-0.4, -0.2) is 17.4 Å². The molecule has 0 saturated heterocycles. The highest BCUT2D eigenvalue weighted by atomic mass is 16.5. The zero-order valence-electron chi connectivity index (χ0n) is 9.83. The number of aliphatic hydroxyl groups is 1. The van der Waals surface area contributed by atoms with Crippen molar-refractivity contribution in [3.05, 3.63) is 53.4 Å². The van der Waals surface area contributed by atoms with E-state index in [9.17, 15) is 5.11 Å². The topological polar surface area (TPSA) is 55.5 Å². The summed E-state index contributed by atoms with van der Waals surface area (Å²) in [7, 11) is 1.54. The second kappa shape index (κ2) is 5.12. The van der Waals surface area contributed by atoms with Gasteiger partial charge in [0.15, 0.2) is 5.76 Å². The Morgan fingerprint density at radius 1 is 1.29 bits per heavy atom. The highest BCUT2D eigenvalue weighted by molar-refractivity contribution is 5.21. The average Bonchev–Trinajstić information content (AvgIpc) is 2.78. The van der Waals surface area contributed by atoms with Gasteiger partial charge < -0.3 is 14.4 Å². The summed E-state index contributed by atoms with van der Waals surface area (Å²) in [5.74, 6) is 0.529. The van der Waals surface area contributed by atoms with Gasteiger partial charge in [0.1, 0.15) is 12.2 Å². The van der Waals surface area contributed by atoms with Gasteiger partial charge in [-0.3, -0.25) is 0 Å². The van der Waals surface area contributed by atoms with Gasteiger partial charge in [0, 0.05) is 13.2 Å². The summed E-state index contributed by atoms with van der Waals surface area (Å²) < 4.78 is 10.4. The average molecular weight is 233 g/mol. The van der Waals surface area contributed by atoms with Gasteiger partial charge in [0.2, 0.25) is 0 Å². The fraction of sp³-hybridized carbons (Fsp3) is 0.308. The molecule has 2 atom stereocenters. The number of hydrogen-bond donors (Lipinski definition) is 1. The molecule has 1 N–H and O–H groups in total. The van der Waals surface area contributed by atoms with Crippen LogP contribution in [0, 0.1) is 6.92 Å². The number of aryl methyl sites for hydroxylation is 1. The second-order valence-electron chi connectivity index (χ2n) is 3.88. The lowest BCUT2D eigenvalue weighted by Gasteiger charge is -2.19. The Morgan fingerprint density at radius 2 is 2.00 bits per heavy atom. The Morgan fingerprint density at radius 3 is 2.53 bits per heavy atom. The van der Waals surface area contributed by atoms with Gasteiger partial charge in [-0.05, 0) is 12.5 Å². The van der Waals surface area contributed by atoms with Crippen molar-refractivity contribution < 1.29 is 14.4 Å². The lowest BCUT2D eigenvalue weighted by Crippen LogP contribution is -2.12. The van der Waals surface area contributed by atoms with E-state index in [0.717, 1.165) is 11.3 Å². The fourth-order valence-electron chi connectivity index (χ4n) is 1.74. The van der Waals surface area contributed by atoms with Gasteiger partial charge in [-0.15, -0.1) is 0 Å². The third-order valence-corrected chi connectivity index (χ3v) is 2.61. The number of benzene rings is 1. The van der Waals surface area contributed by atoms with Crippen molar-refractivity contribution in [2.45, 2.75) is 19.1 Å². The van der Waals surface area contributed by atoms with E-state index in [1.165, 1.54) is 7.11 Å². The monoisotopic (exact) mass is 233 g/mol. The minimum absolute atomic E-state index is 0.529. The number of aliphatic hydroxyl groups excluding tert-OH is 1. The molecule has 0 fully saturated rings. The van der Waals surface area contributed by atoms with Crippen molar-refractivity contribution >= 4 is 0 Å². The highest BCUT2D eigenvalue weighted by Crippen LogP contribution is 2.31. The Kier molecular flexibility index (Phi) is 3.56. The summed E-state index contributed by atoms with van der Waals surface area (Å²) in [6.07, 6.45) is -1.31. The summed E-state index contributed by atoms with van der Waals surface area (Å²) in [6, 6.07) is 11.1. The Labute approximate surface area is 99.8 Å². The van der Waals surface area contributed by atoms with Crippen LogP contribution in [0.3, 0.4) is 0 Å². The molecular weight excluding hydrogens is 218 g/mol. The van der Waals surface area contributed by atoms with Crippen molar-refractivity contribution in [2.75, 3.05) is 7.11 Å². The maximum atomic E-state index is 10.2. The Hall–Kier alpha value is -1.65. The first-order valence-electron chi connectivity index (χ1n) is 5.41. The molecule has 0 bridgehead atoms. The molecule has 0 saturated carbocycles. The van der Waals surface area contributed by atoms with Crippen LogP contribution >= 0.6 is 0 Å². The van der Waals surface area contributed by atoms with Gasteiger partial charge in [-0.2, -0.15) is 0 Å². The van der Waals surface area contributed by atoms with E-state index in [0.29, 0.717) is 5.76 Å². The van der Waals surface area contributed by atoms with Crippen LogP contribution in [0.5, 0.6) is 0 Å². The number of ether oxygens (including phenoxy) is 1. The third-order valence-electron chi connectivity index (χ3n) is 2.61. The maximum absolute atomic E-state index is 10.2. The standard InChI is InChI=1S/C13H15NO3/c1-9-8-11(17-14-9)13(16-2)12(15)10-6-4-3-5-7-10/h3-8,12-13,15H,1-2H3/t12-,13-/m0/s1. The molecule has 0 aliphatic carbocycles. The summed E-state index contributed by atoms with van der Waals surface area (Å²) in [5.41, 5.74) is 1.55. The second-order valence-corrected chi connectivity index (χ2v) is 3.88. The van der Waals surface area contributed by atoms with Gasteiger partial charge >= 0.3 is 0 Å². The van der Waals surface area contributed by atoms with Crippen LogP contribution < -0.4 is 0 Å². The molecule has 4 heteroatoms. The van der Waals surface area contributed by atoms with Crippen molar-refractivity contribution in [3.8, 4) is 0 Å². The molecule has 0 amide bonds. The minimum atomic E-state index is -0.770. The van der Waals surface area contributed by atoms with Crippen LogP contribution in [0.15, 0.2) is 40.9 Å². The lowest BCUT2D eigenvalue weighted by molar-refractivity contribution is -0.0295. The molecule has 1 aromatic heterocycles. The third kappa shape index (κ3) is 2.54. The highest BCUT2D eigenvalue weighted by Gasteiger charge is 2.25. The summed E-state index contributed by atoms with van der Waals surface area (Å²) in [4.78, 5) is 0. The van der Waals surface area contributed by atoms with Gasteiger partial charge in [0.25, 0.3) is 0 Å². The largest absolute Gasteiger partial charge is 0.385 e. The van der Waals surface area contributed by atoms with Crippen molar-refractivity contribution in [1.82, 2.24) is 5.16 Å². The smallest absolute Gasteiger partial charge is 0.168 e. The maximum Gasteiger partial charge on any atom is 0.168 e. The molecule has 0 unspecified atom stereocenters. The number of aromatic nitrogens is 1. The minimum Gasteiger partial charge on any atom is -0.385 e. The van der Waals surface area contributed by atoms with E-state index < -0.39 is 12.2 Å². The molecule has 1 aromatic carbocycles. The van der Waals surface area contributed by atoms with E-state index in [1.54, 1.807) is 6.07 Å². The first-order valence-corrected chi connectivity index (χ1v) is 5.41. The molecule has 0 aliphatic heterocycles. The van der Waals surface area contributed by atoms with Crippen molar-refractivity contribution in [3.63, 3.8) is 0 Å². The molecule has 2 rings (SSSR count). The molecule has 90 valence electrons. The lowest BCUT2D eigenvalue weighted by atomic mass is 10.0. The summed E-state index contributed by atoms with van der Waals surface area (Å²) >= 11 is 0. The normalized spacial score (nSPS) is 14.5. The van der Waals surface area contributed by atoms with E-state index in [4.69, 9.17) is 9.26 Å². The van der Waals surface area contributed by atoms with Gasteiger partial charge in [-0.25, -0.2) is 0 Å². The SMILES string of the molecule is CO[C@@H](c1cc(C)no1)[C@@H](O)c1ccccc1. The molecule has 2 aromatic rings. The number of rotatable bonds is 4. The molecule has 0 aliphatic rings. The Bertz CT molecular complexity index is 467. The van der Waals surface area contributed by atoms with E-state index in [2.05, 4.69) is 5.16 Å². The van der Waals surface area contributed by atoms with Gasteiger partial charge in [-0.1, -0.05) is 35.5 Å². The summed E-state index contributed by atoms with van der Waals surface area (Å²) in [5, 5.41) is 14.0. The van der Waals surface area contributed by atoms with Crippen LogP contribution in [-0.2, 0) is 4.74 Å². The van der Waals surface area contributed by atoms with E-state index in [1.807, 2.05) is 37.3 Å². The molecular formula is C13H15NO3. The van der Waals surface area contributed by atoms with E-state index >= 15 is 0 Å². The first kappa shape index (κ1) is 11.8. The molecule has 17 heavy (non-hydrogen) atoms. The quantitative estimate of drug-likeness (QED) is 0.881.